The molecule has 1 amide bonds. The molecule has 2 aromatic heterocycles. The summed E-state index contributed by atoms with van der Waals surface area (Å²) in [4.78, 5) is 24.4. The topological polar surface area (TPSA) is 79.8 Å². The van der Waals surface area contributed by atoms with Gasteiger partial charge in [0.15, 0.2) is 0 Å². The van der Waals surface area contributed by atoms with E-state index in [9.17, 15) is 9.18 Å². The summed E-state index contributed by atoms with van der Waals surface area (Å²) in [5.74, 6) is 0.0143. The number of nitrogens with one attached hydrogen (secondary N) is 2. The highest BCUT2D eigenvalue weighted by Crippen LogP contribution is 2.05. The van der Waals surface area contributed by atoms with Crippen molar-refractivity contribution in [3.8, 4) is 0 Å². The zero-order valence-electron chi connectivity index (χ0n) is 14.0. The van der Waals surface area contributed by atoms with Crippen LogP contribution in [0.15, 0.2) is 61.2 Å². The first-order chi connectivity index (χ1) is 12.7. The van der Waals surface area contributed by atoms with Crippen LogP contribution >= 0.6 is 0 Å². The molecule has 0 aliphatic heterocycles. The summed E-state index contributed by atoms with van der Waals surface area (Å²) in [5.41, 5.74) is 2.22. The summed E-state index contributed by atoms with van der Waals surface area (Å²) in [6.07, 6.45) is 7.05. The molecular weight excluding hydrogens is 333 g/mol. The van der Waals surface area contributed by atoms with Gasteiger partial charge in [0.1, 0.15) is 17.3 Å². The van der Waals surface area contributed by atoms with E-state index in [1.807, 2.05) is 12.1 Å². The van der Waals surface area contributed by atoms with Gasteiger partial charge in [-0.15, -0.1) is 0 Å². The highest BCUT2D eigenvalue weighted by Gasteiger charge is 2.07. The Morgan fingerprint density at radius 2 is 1.85 bits per heavy atom. The van der Waals surface area contributed by atoms with Crippen molar-refractivity contribution in [2.24, 2.45) is 0 Å². The number of carbonyl (C=O) groups is 1. The molecule has 26 heavy (non-hydrogen) atoms. The molecule has 0 saturated heterocycles. The third-order valence-corrected chi connectivity index (χ3v) is 3.69. The number of carbonyl (C=O) groups excluding carboxylic acids is 1. The predicted molar refractivity (Wildman–Crippen MR) is 96.0 cm³/mol. The molecule has 0 spiro atoms. The lowest BCUT2D eigenvalue weighted by molar-refractivity contribution is 0.0949. The number of halogens is 1. The third-order valence-electron chi connectivity index (χ3n) is 3.69. The first-order valence-corrected chi connectivity index (χ1v) is 8.18. The molecule has 2 heterocycles. The SMILES string of the molecule is O=C(NCCc1ccc(F)cc1)c1cnc(NCc2cccnc2)cn1. The maximum absolute atomic E-state index is 12.8. The van der Waals surface area contributed by atoms with E-state index in [0.29, 0.717) is 25.3 Å². The molecule has 6 nitrogen and oxygen atoms in total. The Balaban J connectivity index is 1.46. The van der Waals surface area contributed by atoms with Crippen LogP contribution in [0.5, 0.6) is 0 Å². The smallest absolute Gasteiger partial charge is 0.271 e. The minimum Gasteiger partial charge on any atom is -0.365 e. The summed E-state index contributed by atoms with van der Waals surface area (Å²) in [6, 6.07) is 10.0. The van der Waals surface area contributed by atoms with Crippen molar-refractivity contribution in [1.82, 2.24) is 20.3 Å². The average molecular weight is 351 g/mol. The molecule has 0 saturated carbocycles. The monoisotopic (exact) mass is 351 g/mol. The molecule has 2 N–H and O–H groups in total. The van der Waals surface area contributed by atoms with Gasteiger partial charge in [-0.05, 0) is 35.7 Å². The summed E-state index contributed by atoms with van der Waals surface area (Å²) >= 11 is 0. The van der Waals surface area contributed by atoms with E-state index >= 15 is 0 Å². The van der Waals surface area contributed by atoms with Crippen molar-refractivity contribution >= 4 is 11.7 Å². The van der Waals surface area contributed by atoms with E-state index in [4.69, 9.17) is 0 Å². The minimum atomic E-state index is -0.293. The van der Waals surface area contributed by atoms with Crippen molar-refractivity contribution < 1.29 is 9.18 Å². The van der Waals surface area contributed by atoms with E-state index in [1.54, 1.807) is 24.5 Å². The maximum atomic E-state index is 12.8. The summed E-state index contributed by atoms with van der Waals surface area (Å²) in [6.45, 7) is 1.01. The molecule has 0 fully saturated rings. The Hall–Kier alpha value is -3.35. The average Bonchev–Trinajstić information content (AvgIpc) is 2.69. The zero-order valence-corrected chi connectivity index (χ0v) is 14.0. The molecular formula is C19H18FN5O. The van der Waals surface area contributed by atoms with E-state index in [0.717, 1.165) is 11.1 Å². The van der Waals surface area contributed by atoms with Gasteiger partial charge >= 0.3 is 0 Å². The van der Waals surface area contributed by atoms with Crippen molar-refractivity contribution in [3.05, 3.63) is 83.8 Å². The Morgan fingerprint density at radius 1 is 1.00 bits per heavy atom. The van der Waals surface area contributed by atoms with E-state index < -0.39 is 0 Å². The van der Waals surface area contributed by atoms with Gasteiger partial charge in [0.2, 0.25) is 0 Å². The summed E-state index contributed by atoms with van der Waals surface area (Å²) in [5, 5.41) is 5.90. The second-order valence-corrected chi connectivity index (χ2v) is 5.63. The fourth-order valence-corrected chi connectivity index (χ4v) is 2.29. The third kappa shape index (κ3) is 5.07. The van der Waals surface area contributed by atoms with Crippen LogP contribution in [0.25, 0.3) is 0 Å². The number of aromatic nitrogens is 3. The molecule has 0 bridgehead atoms. The molecule has 7 heteroatoms. The second-order valence-electron chi connectivity index (χ2n) is 5.63. The van der Waals surface area contributed by atoms with Gasteiger partial charge in [0.05, 0.1) is 12.4 Å². The first-order valence-electron chi connectivity index (χ1n) is 8.18. The van der Waals surface area contributed by atoms with Crippen molar-refractivity contribution in [1.29, 1.82) is 0 Å². The van der Waals surface area contributed by atoms with Gasteiger partial charge in [-0.2, -0.15) is 0 Å². The molecule has 3 aromatic rings. The molecule has 0 atom stereocenters. The molecule has 132 valence electrons. The van der Waals surface area contributed by atoms with Crippen LogP contribution in [0.2, 0.25) is 0 Å². The predicted octanol–water partition coefficient (Wildman–Crippen LogP) is 2.60. The Bertz CT molecular complexity index is 838. The number of benzene rings is 1. The number of nitrogens with zero attached hydrogens (tertiary/aromatic N) is 3. The van der Waals surface area contributed by atoms with E-state index in [1.165, 1.54) is 24.5 Å². The number of anilines is 1. The van der Waals surface area contributed by atoms with Crippen LogP contribution in [0.4, 0.5) is 10.2 Å². The van der Waals surface area contributed by atoms with Crippen LogP contribution < -0.4 is 10.6 Å². The lowest BCUT2D eigenvalue weighted by Crippen LogP contribution is -2.26. The maximum Gasteiger partial charge on any atom is 0.271 e. The van der Waals surface area contributed by atoms with Gasteiger partial charge in [0, 0.05) is 25.5 Å². The van der Waals surface area contributed by atoms with E-state index in [2.05, 4.69) is 25.6 Å². The molecule has 0 aliphatic carbocycles. The zero-order chi connectivity index (χ0) is 18.2. The molecule has 3 rings (SSSR count). The van der Waals surface area contributed by atoms with Gasteiger partial charge < -0.3 is 10.6 Å². The normalized spacial score (nSPS) is 10.3. The van der Waals surface area contributed by atoms with Crippen LogP contribution in [-0.2, 0) is 13.0 Å². The van der Waals surface area contributed by atoms with Crippen molar-refractivity contribution in [2.75, 3.05) is 11.9 Å². The molecule has 0 radical (unpaired) electrons. The van der Waals surface area contributed by atoms with Gasteiger partial charge in [-0.25, -0.2) is 14.4 Å². The Morgan fingerprint density at radius 3 is 2.54 bits per heavy atom. The van der Waals surface area contributed by atoms with Crippen LogP contribution in [0.3, 0.4) is 0 Å². The molecule has 0 aliphatic rings. The lowest BCUT2D eigenvalue weighted by Gasteiger charge is -2.07. The van der Waals surface area contributed by atoms with E-state index in [-0.39, 0.29) is 17.4 Å². The number of hydrogen-bond acceptors (Lipinski definition) is 5. The first kappa shape index (κ1) is 17.5. The highest BCUT2D eigenvalue weighted by atomic mass is 19.1. The lowest BCUT2D eigenvalue weighted by atomic mass is 10.1. The second kappa shape index (κ2) is 8.66. The Labute approximate surface area is 150 Å². The minimum absolute atomic E-state index is 0.246. The van der Waals surface area contributed by atoms with Crippen LogP contribution in [0.1, 0.15) is 21.6 Å². The highest BCUT2D eigenvalue weighted by molar-refractivity contribution is 5.91. The Kier molecular flexibility index (Phi) is 5.82. The van der Waals surface area contributed by atoms with Gasteiger partial charge in [-0.3, -0.25) is 9.78 Å². The van der Waals surface area contributed by atoms with Crippen molar-refractivity contribution in [2.45, 2.75) is 13.0 Å². The fraction of sp³-hybridized carbons (Fsp3) is 0.158. The number of hydrogen-bond donors (Lipinski definition) is 2. The summed E-state index contributed by atoms with van der Waals surface area (Å²) < 4.78 is 12.8. The summed E-state index contributed by atoms with van der Waals surface area (Å²) in [7, 11) is 0. The molecule has 1 aromatic carbocycles. The van der Waals surface area contributed by atoms with Crippen LogP contribution in [0, 0.1) is 5.82 Å². The van der Waals surface area contributed by atoms with Gasteiger partial charge in [0.25, 0.3) is 5.91 Å². The van der Waals surface area contributed by atoms with Crippen molar-refractivity contribution in [3.63, 3.8) is 0 Å². The largest absolute Gasteiger partial charge is 0.365 e. The number of amides is 1. The van der Waals surface area contributed by atoms with Gasteiger partial charge in [-0.1, -0.05) is 18.2 Å². The number of pyridine rings is 1. The molecule has 0 unspecified atom stereocenters. The fourth-order valence-electron chi connectivity index (χ4n) is 2.29. The number of rotatable bonds is 7. The standard InChI is InChI=1S/C19H18FN5O/c20-16-5-3-14(4-6-16)7-9-22-19(26)17-12-25-18(13-23-17)24-11-15-2-1-8-21-10-15/h1-6,8,10,12-13H,7,9,11H2,(H,22,26)(H,24,25). The quantitative estimate of drug-likeness (QED) is 0.684. The van der Waals surface area contributed by atoms with Crippen LogP contribution in [-0.4, -0.2) is 27.4 Å².